The van der Waals surface area contributed by atoms with Gasteiger partial charge >= 0.3 is 0 Å². The van der Waals surface area contributed by atoms with Gasteiger partial charge < -0.3 is 11.2 Å². The van der Waals surface area contributed by atoms with E-state index < -0.39 is 0 Å². The number of carbonyl (C=O) groups excluding carboxylic acids is 1. The molecule has 0 saturated carbocycles. The third-order valence-electron chi connectivity index (χ3n) is 3.63. The average Bonchev–Trinajstić information content (AvgIpc) is 2.95. The molecule has 2 heterocycles. The first-order valence-corrected chi connectivity index (χ1v) is 9.54. The molecule has 144 valence electrons. The van der Waals surface area contributed by atoms with E-state index in [2.05, 4.69) is 41.4 Å². The van der Waals surface area contributed by atoms with Crippen molar-refractivity contribution in [1.82, 2.24) is 30.0 Å². The number of hydrogen-bond donors (Lipinski definition) is 2. The van der Waals surface area contributed by atoms with Crippen LogP contribution in [0, 0.1) is 19.3 Å². The Labute approximate surface area is 158 Å². The average molecular weight is 380 g/mol. The van der Waals surface area contributed by atoms with E-state index in [1.54, 1.807) is 4.68 Å². The Morgan fingerprint density at radius 1 is 1.23 bits per heavy atom. The van der Waals surface area contributed by atoms with E-state index in [0.717, 1.165) is 17.8 Å². The standard InChI is InChI=1S/C17H29N7OS/c1-11-8-12(2)24(22-11)14-20-21-15(23(14)18)26-9-13(25)19-17(6,7)10-16(3,4)5/h8H,9-10,18H2,1-7H3,(H,19,25). The normalized spacial score (nSPS) is 12.4. The molecule has 0 fully saturated rings. The highest BCUT2D eigenvalue weighted by molar-refractivity contribution is 7.99. The number of nitrogens with one attached hydrogen (secondary N) is 1. The molecule has 1 amide bonds. The van der Waals surface area contributed by atoms with Gasteiger partial charge in [-0.05, 0) is 45.6 Å². The molecule has 0 aliphatic carbocycles. The van der Waals surface area contributed by atoms with Crippen LogP contribution in [0.1, 0.15) is 52.4 Å². The molecule has 8 nitrogen and oxygen atoms in total. The maximum Gasteiger partial charge on any atom is 0.271 e. The molecule has 2 aromatic heterocycles. The molecular formula is C17H29N7OS. The first-order chi connectivity index (χ1) is 11.9. The summed E-state index contributed by atoms with van der Waals surface area (Å²) in [5, 5.41) is 16.1. The van der Waals surface area contributed by atoms with Crippen LogP contribution in [-0.2, 0) is 4.79 Å². The van der Waals surface area contributed by atoms with Crippen molar-refractivity contribution in [2.45, 2.75) is 65.6 Å². The van der Waals surface area contributed by atoms with E-state index in [1.807, 2.05) is 33.8 Å². The van der Waals surface area contributed by atoms with E-state index in [1.165, 1.54) is 16.4 Å². The summed E-state index contributed by atoms with van der Waals surface area (Å²) in [5.74, 6) is 6.68. The van der Waals surface area contributed by atoms with Gasteiger partial charge in [-0.2, -0.15) is 5.10 Å². The number of nitrogen functional groups attached to an aromatic ring is 1. The van der Waals surface area contributed by atoms with Gasteiger partial charge in [0.1, 0.15) is 0 Å². The summed E-state index contributed by atoms with van der Waals surface area (Å²) in [7, 11) is 0. The Bertz CT molecular complexity index is 786. The third-order valence-corrected chi connectivity index (χ3v) is 4.57. The monoisotopic (exact) mass is 379 g/mol. The molecule has 26 heavy (non-hydrogen) atoms. The fourth-order valence-corrected chi connectivity index (χ4v) is 3.91. The Morgan fingerprint density at radius 2 is 1.88 bits per heavy atom. The van der Waals surface area contributed by atoms with Crippen LogP contribution in [-0.4, -0.2) is 41.9 Å². The summed E-state index contributed by atoms with van der Waals surface area (Å²) in [6.45, 7) is 14.4. The van der Waals surface area contributed by atoms with Crippen molar-refractivity contribution in [2.75, 3.05) is 11.6 Å². The minimum Gasteiger partial charge on any atom is -0.350 e. The number of thioether (sulfide) groups is 1. The number of amides is 1. The summed E-state index contributed by atoms with van der Waals surface area (Å²) in [5.41, 5.74) is 1.65. The molecule has 0 radical (unpaired) electrons. The van der Waals surface area contributed by atoms with E-state index in [4.69, 9.17) is 5.84 Å². The van der Waals surface area contributed by atoms with Gasteiger partial charge in [-0.3, -0.25) is 4.79 Å². The van der Waals surface area contributed by atoms with Gasteiger partial charge in [0.25, 0.3) is 5.95 Å². The van der Waals surface area contributed by atoms with Gasteiger partial charge in [-0.25, -0.2) is 9.36 Å². The van der Waals surface area contributed by atoms with Crippen LogP contribution in [0.25, 0.3) is 5.95 Å². The Kier molecular flexibility index (Phi) is 5.70. The van der Waals surface area contributed by atoms with Gasteiger partial charge in [-0.1, -0.05) is 32.5 Å². The van der Waals surface area contributed by atoms with E-state index in [-0.39, 0.29) is 22.6 Å². The first-order valence-electron chi connectivity index (χ1n) is 8.56. The van der Waals surface area contributed by atoms with E-state index in [0.29, 0.717) is 11.1 Å². The molecule has 0 aromatic carbocycles. The van der Waals surface area contributed by atoms with Crippen molar-refractivity contribution in [2.24, 2.45) is 5.41 Å². The molecule has 0 spiro atoms. The van der Waals surface area contributed by atoms with Crippen LogP contribution >= 0.6 is 11.8 Å². The highest BCUT2D eigenvalue weighted by Gasteiger charge is 2.27. The van der Waals surface area contributed by atoms with Gasteiger partial charge in [0.05, 0.1) is 11.4 Å². The summed E-state index contributed by atoms with van der Waals surface area (Å²) in [6, 6.07) is 1.94. The number of hydrogen-bond acceptors (Lipinski definition) is 6. The second-order valence-corrected chi connectivity index (χ2v) is 9.39. The van der Waals surface area contributed by atoms with Gasteiger partial charge in [0.15, 0.2) is 0 Å². The molecule has 2 aromatic rings. The Morgan fingerprint density at radius 3 is 2.42 bits per heavy atom. The van der Waals surface area contributed by atoms with Crippen molar-refractivity contribution in [3.05, 3.63) is 17.5 Å². The molecule has 0 aliphatic heterocycles. The van der Waals surface area contributed by atoms with Crippen LogP contribution in [0.2, 0.25) is 0 Å². The fraction of sp³-hybridized carbons (Fsp3) is 0.647. The molecule has 9 heteroatoms. The fourth-order valence-electron chi connectivity index (χ4n) is 3.26. The maximum absolute atomic E-state index is 12.3. The third kappa shape index (κ3) is 5.23. The molecule has 3 N–H and O–H groups in total. The number of nitrogens with two attached hydrogens (primary N) is 1. The molecule has 0 unspecified atom stereocenters. The lowest BCUT2D eigenvalue weighted by atomic mass is 9.82. The van der Waals surface area contributed by atoms with Crippen molar-refractivity contribution in [3.63, 3.8) is 0 Å². The van der Waals surface area contributed by atoms with Gasteiger partial charge in [0.2, 0.25) is 11.1 Å². The van der Waals surface area contributed by atoms with Crippen LogP contribution in [0.3, 0.4) is 0 Å². The second-order valence-electron chi connectivity index (χ2n) is 8.45. The largest absolute Gasteiger partial charge is 0.350 e. The molecular weight excluding hydrogens is 350 g/mol. The maximum atomic E-state index is 12.3. The van der Waals surface area contributed by atoms with Crippen molar-refractivity contribution < 1.29 is 4.79 Å². The smallest absolute Gasteiger partial charge is 0.271 e. The number of aryl methyl sites for hydroxylation is 2. The Balaban J connectivity index is 2.00. The zero-order valence-corrected chi connectivity index (χ0v) is 17.4. The lowest BCUT2D eigenvalue weighted by molar-refractivity contribution is -0.120. The van der Waals surface area contributed by atoms with Crippen LogP contribution < -0.4 is 11.2 Å². The topological polar surface area (TPSA) is 104 Å². The van der Waals surface area contributed by atoms with Gasteiger partial charge in [-0.15, -0.1) is 10.2 Å². The Hall–Kier alpha value is -2.03. The summed E-state index contributed by atoms with van der Waals surface area (Å²) < 4.78 is 3.00. The van der Waals surface area contributed by atoms with Crippen molar-refractivity contribution >= 4 is 17.7 Å². The van der Waals surface area contributed by atoms with Crippen LogP contribution in [0.15, 0.2) is 11.2 Å². The number of rotatable bonds is 6. The first kappa shape index (κ1) is 20.3. The quantitative estimate of drug-likeness (QED) is 0.589. The highest BCUT2D eigenvalue weighted by Crippen LogP contribution is 2.27. The lowest BCUT2D eigenvalue weighted by Gasteiger charge is -2.33. The van der Waals surface area contributed by atoms with E-state index in [9.17, 15) is 4.79 Å². The van der Waals surface area contributed by atoms with E-state index >= 15 is 0 Å². The molecule has 0 bridgehead atoms. The van der Waals surface area contributed by atoms with Gasteiger partial charge in [0, 0.05) is 11.2 Å². The lowest BCUT2D eigenvalue weighted by Crippen LogP contribution is -2.46. The predicted octanol–water partition coefficient (Wildman–Crippen LogP) is 2.22. The summed E-state index contributed by atoms with van der Waals surface area (Å²) >= 11 is 1.25. The summed E-state index contributed by atoms with van der Waals surface area (Å²) in [4.78, 5) is 12.3. The van der Waals surface area contributed by atoms with Crippen molar-refractivity contribution in [1.29, 1.82) is 0 Å². The zero-order chi connectivity index (χ0) is 19.7. The number of carbonyl (C=O) groups is 1. The zero-order valence-electron chi connectivity index (χ0n) is 16.6. The predicted molar refractivity (Wildman–Crippen MR) is 104 cm³/mol. The number of aromatic nitrogens is 5. The number of nitrogens with zero attached hydrogens (tertiary/aromatic N) is 5. The van der Waals surface area contributed by atoms with Crippen molar-refractivity contribution in [3.8, 4) is 5.95 Å². The second kappa shape index (κ2) is 7.30. The summed E-state index contributed by atoms with van der Waals surface area (Å²) in [6.07, 6.45) is 0.881. The minimum absolute atomic E-state index is 0.0556. The SMILES string of the molecule is Cc1cc(C)n(-c2nnc(SCC(=O)NC(C)(C)CC(C)(C)C)n2N)n1. The molecule has 0 atom stereocenters. The molecule has 2 rings (SSSR count). The molecule has 0 saturated heterocycles. The highest BCUT2D eigenvalue weighted by atomic mass is 32.2. The minimum atomic E-state index is -0.277. The van der Waals surface area contributed by atoms with Crippen LogP contribution in [0.4, 0.5) is 0 Å². The van der Waals surface area contributed by atoms with Crippen LogP contribution in [0.5, 0.6) is 0 Å². The molecule has 0 aliphatic rings.